The van der Waals surface area contributed by atoms with Crippen LogP contribution >= 0.6 is 0 Å². The minimum atomic E-state index is 0.485. The summed E-state index contributed by atoms with van der Waals surface area (Å²) in [5.74, 6) is 1.75. The molecule has 1 fully saturated rings. The molecule has 0 radical (unpaired) electrons. The van der Waals surface area contributed by atoms with Crippen LogP contribution in [-0.2, 0) is 0 Å². The first-order valence-corrected chi connectivity index (χ1v) is 9.30. The molecule has 26 heavy (non-hydrogen) atoms. The van der Waals surface area contributed by atoms with E-state index in [1.807, 2.05) is 31.3 Å². The highest BCUT2D eigenvalue weighted by Crippen LogP contribution is 2.21. The van der Waals surface area contributed by atoms with E-state index in [4.69, 9.17) is 0 Å². The maximum Gasteiger partial charge on any atom is 0.226 e. The van der Waals surface area contributed by atoms with Gasteiger partial charge in [0.25, 0.3) is 0 Å². The summed E-state index contributed by atoms with van der Waals surface area (Å²) in [4.78, 5) is 15.8. The third-order valence-corrected chi connectivity index (χ3v) is 4.89. The van der Waals surface area contributed by atoms with E-state index < -0.39 is 0 Å². The van der Waals surface area contributed by atoms with Crippen LogP contribution in [0.1, 0.15) is 18.4 Å². The van der Waals surface area contributed by atoms with Crippen LogP contribution in [0.25, 0.3) is 6.08 Å². The van der Waals surface area contributed by atoms with Gasteiger partial charge in [0.05, 0.1) is 0 Å². The van der Waals surface area contributed by atoms with Crippen LogP contribution in [0.15, 0.2) is 48.7 Å². The Kier molecular flexibility index (Phi) is 6.23. The maximum atomic E-state index is 4.68. The van der Waals surface area contributed by atoms with Crippen LogP contribution in [0.5, 0.6) is 0 Å². The Balaban J connectivity index is 1.59. The summed E-state index contributed by atoms with van der Waals surface area (Å²) in [6.45, 7) is 3.22. The number of hydrogen-bond donors (Lipinski definition) is 0. The van der Waals surface area contributed by atoms with Crippen LogP contribution < -0.4 is 9.80 Å². The van der Waals surface area contributed by atoms with Gasteiger partial charge in [-0.1, -0.05) is 42.5 Å². The van der Waals surface area contributed by atoms with Crippen molar-refractivity contribution in [2.75, 3.05) is 50.6 Å². The molecule has 1 aliphatic rings. The second-order valence-electron chi connectivity index (χ2n) is 7.09. The van der Waals surface area contributed by atoms with Crippen molar-refractivity contribution < 1.29 is 0 Å². The summed E-state index contributed by atoms with van der Waals surface area (Å²) in [5, 5.41) is 0. The first-order chi connectivity index (χ1) is 12.6. The SMILES string of the molecule is CN(C)c1nccc(N(C)C2CCCN(C/C=C/c3ccccc3)C2)n1. The minimum absolute atomic E-state index is 0.485. The molecule has 0 aliphatic carbocycles. The molecular weight excluding hydrogens is 322 g/mol. The number of nitrogens with zero attached hydrogens (tertiary/aromatic N) is 5. The molecule has 1 unspecified atom stereocenters. The highest BCUT2D eigenvalue weighted by Gasteiger charge is 2.23. The predicted octanol–water partition coefficient (Wildman–Crippen LogP) is 3.16. The number of piperidine rings is 1. The molecule has 0 amide bonds. The first-order valence-electron chi connectivity index (χ1n) is 9.30. The van der Waals surface area contributed by atoms with Crippen molar-refractivity contribution in [2.24, 2.45) is 0 Å². The average Bonchev–Trinajstić information content (AvgIpc) is 2.68. The fraction of sp³-hybridized carbons (Fsp3) is 0.429. The van der Waals surface area contributed by atoms with Crippen molar-refractivity contribution >= 4 is 17.8 Å². The van der Waals surface area contributed by atoms with E-state index in [1.165, 1.54) is 18.4 Å². The Morgan fingerprint density at radius 1 is 1.15 bits per heavy atom. The van der Waals surface area contributed by atoms with Gasteiger partial charge in [-0.15, -0.1) is 0 Å². The highest BCUT2D eigenvalue weighted by atomic mass is 15.3. The zero-order valence-corrected chi connectivity index (χ0v) is 16.0. The maximum absolute atomic E-state index is 4.68. The summed E-state index contributed by atoms with van der Waals surface area (Å²) < 4.78 is 0. The van der Waals surface area contributed by atoms with Gasteiger partial charge in [0.1, 0.15) is 5.82 Å². The molecule has 2 aromatic rings. The highest BCUT2D eigenvalue weighted by molar-refractivity contribution is 5.48. The van der Waals surface area contributed by atoms with E-state index in [0.29, 0.717) is 6.04 Å². The third kappa shape index (κ3) is 4.82. The van der Waals surface area contributed by atoms with E-state index in [2.05, 4.69) is 69.3 Å². The molecule has 138 valence electrons. The second kappa shape index (κ2) is 8.81. The Morgan fingerprint density at radius 3 is 2.73 bits per heavy atom. The number of aromatic nitrogens is 2. The van der Waals surface area contributed by atoms with Gasteiger partial charge in [-0.05, 0) is 31.0 Å². The van der Waals surface area contributed by atoms with Crippen molar-refractivity contribution in [2.45, 2.75) is 18.9 Å². The topological polar surface area (TPSA) is 35.5 Å². The summed E-state index contributed by atoms with van der Waals surface area (Å²) in [5.41, 5.74) is 1.26. The average molecular weight is 351 g/mol. The second-order valence-corrected chi connectivity index (χ2v) is 7.09. The molecule has 0 N–H and O–H groups in total. The molecule has 3 rings (SSSR count). The summed E-state index contributed by atoms with van der Waals surface area (Å²) >= 11 is 0. The lowest BCUT2D eigenvalue weighted by Gasteiger charge is -2.37. The molecular formula is C21H29N5. The Hall–Kier alpha value is -2.40. The van der Waals surface area contributed by atoms with E-state index in [-0.39, 0.29) is 0 Å². The lowest BCUT2D eigenvalue weighted by molar-refractivity contribution is 0.225. The number of benzene rings is 1. The van der Waals surface area contributed by atoms with Crippen molar-refractivity contribution in [3.8, 4) is 0 Å². The molecule has 0 bridgehead atoms. The molecule has 1 aromatic heterocycles. The molecule has 2 heterocycles. The van der Waals surface area contributed by atoms with Crippen LogP contribution in [0.4, 0.5) is 11.8 Å². The number of anilines is 2. The first kappa shape index (κ1) is 18.4. The fourth-order valence-electron chi connectivity index (χ4n) is 3.35. The monoisotopic (exact) mass is 351 g/mol. The zero-order valence-electron chi connectivity index (χ0n) is 16.0. The van der Waals surface area contributed by atoms with Crippen molar-refractivity contribution in [1.29, 1.82) is 0 Å². The van der Waals surface area contributed by atoms with E-state index >= 15 is 0 Å². The van der Waals surface area contributed by atoms with Gasteiger partial charge in [0.2, 0.25) is 5.95 Å². The number of likely N-dealkylation sites (tertiary alicyclic amines) is 1. The Morgan fingerprint density at radius 2 is 1.96 bits per heavy atom. The predicted molar refractivity (Wildman–Crippen MR) is 110 cm³/mol. The van der Waals surface area contributed by atoms with Crippen LogP contribution in [0, 0.1) is 0 Å². The van der Waals surface area contributed by atoms with Crippen molar-refractivity contribution in [3.05, 3.63) is 54.2 Å². The molecule has 0 spiro atoms. The lowest BCUT2D eigenvalue weighted by atomic mass is 10.0. The smallest absolute Gasteiger partial charge is 0.226 e. The van der Waals surface area contributed by atoms with Crippen molar-refractivity contribution in [1.82, 2.24) is 14.9 Å². The van der Waals surface area contributed by atoms with Gasteiger partial charge >= 0.3 is 0 Å². The molecule has 5 heteroatoms. The molecule has 1 atom stereocenters. The van der Waals surface area contributed by atoms with Gasteiger partial charge in [-0.2, -0.15) is 4.98 Å². The number of likely N-dealkylation sites (N-methyl/N-ethyl adjacent to an activating group) is 1. The van der Waals surface area contributed by atoms with Gasteiger partial charge in [-0.3, -0.25) is 4.90 Å². The van der Waals surface area contributed by atoms with E-state index in [9.17, 15) is 0 Å². The van der Waals surface area contributed by atoms with Crippen LogP contribution in [0.3, 0.4) is 0 Å². The normalized spacial score (nSPS) is 18.2. The molecule has 1 aromatic carbocycles. The van der Waals surface area contributed by atoms with Gasteiger partial charge in [0, 0.05) is 46.5 Å². The zero-order chi connectivity index (χ0) is 18.4. The molecule has 1 aliphatic heterocycles. The van der Waals surface area contributed by atoms with Gasteiger partial charge in [-0.25, -0.2) is 4.98 Å². The lowest BCUT2D eigenvalue weighted by Crippen LogP contribution is -2.46. The number of hydrogen-bond acceptors (Lipinski definition) is 5. The van der Waals surface area contributed by atoms with E-state index in [1.54, 1.807) is 0 Å². The minimum Gasteiger partial charge on any atom is -0.355 e. The summed E-state index contributed by atoms with van der Waals surface area (Å²) in [7, 11) is 6.09. The summed E-state index contributed by atoms with van der Waals surface area (Å²) in [6.07, 6.45) is 8.75. The third-order valence-electron chi connectivity index (χ3n) is 4.89. The van der Waals surface area contributed by atoms with Crippen LogP contribution in [-0.4, -0.2) is 61.7 Å². The van der Waals surface area contributed by atoms with E-state index in [0.717, 1.165) is 31.4 Å². The number of rotatable bonds is 6. The Labute approximate surface area is 157 Å². The summed E-state index contributed by atoms with van der Waals surface area (Å²) in [6, 6.07) is 13.0. The fourth-order valence-corrected chi connectivity index (χ4v) is 3.35. The Bertz CT molecular complexity index is 713. The van der Waals surface area contributed by atoms with Gasteiger partial charge in [0.15, 0.2) is 0 Å². The van der Waals surface area contributed by atoms with Crippen LogP contribution in [0.2, 0.25) is 0 Å². The largest absolute Gasteiger partial charge is 0.355 e. The molecule has 5 nitrogen and oxygen atoms in total. The standard InChI is InChI=1S/C21H29N5/c1-24(2)21-22-14-13-20(23-21)25(3)19-12-8-16-26(17-19)15-7-11-18-9-5-4-6-10-18/h4-7,9-11,13-14,19H,8,12,15-17H2,1-3H3/b11-7+. The quantitative estimate of drug-likeness (QED) is 0.799. The molecule has 0 saturated carbocycles. The van der Waals surface area contributed by atoms with Gasteiger partial charge < -0.3 is 9.80 Å². The van der Waals surface area contributed by atoms with Crippen molar-refractivity contribution in [3.63, 3.8) is 0 Å². The molecule has 1 saturated heterocycles.